The Labute approximate surface area is 72.4 Å². The van der Waals surface area contributed by atoms with Gasteiger partial charge in [-0.25, -0.2) is 0 Å². The first-order valence-corrected chi connectivity index (χ1v) is 3.81. The Morgan fingerprint density at radius 3 is 2.58 bits per heavy atom. The molecule has 2 N–H and O–H groups in total. The molecule has 0 spiro atoms. The van der Waals surface area contributed by atoms with Crippen LogP contribution in [-0.2, 0) is 4.79 Å². The summed E-state index contributed by atoms with van der Waals surface area (Å²) in [6, 6.07) is 5.88. The van der Waals surface area contributed by atoms with Gasteiger partial charge in [-0.3, -0.25) is 4.79 Å². The van der Waals surface area contributed by atoms with E-state index in [9.17, 15) is 4.79 Å². The van der Waals surface area contributed by atoms with Crippen LogP contribution in [0.15, 0.2) is 18.2 Å². The van der Waals surface area contributed by atoms with Gasteiger partial charge in [-0.05, 0) is 25.0 Å². The molecule has 1 rings (SSSR count). The van der Waals surface area contributed by atoms with Gasteiger partial charge in [0.25, 0.3) is 0 Å². The highest BCUT2D eigenvalue weighted by Gasteiger charge is 2.01. The van der Waals surface area contributed by atoms with Crippen molar-refractivity contribution in [1.82, 2.24) is 0 Å². The molecule has 0 saturated carbocycles. The molecule has 0 aromatic heterocycles. The van der Waals surface area contributed by atoms with Crippen LogP contribution in [0.1, 0.15) is 16.7 Å². The molecule has 1 aromatic carbocycles. The van der Waals surface area contributed by atoms with Crippen molar-refractivity contribution in [2.45, 2.75) is 13.8 Å². The number of benzene rings is 1. The third kappa shape index (κ3) is 2.09. The summed E-state index contributed by atoms with van der Waals surface area (Å²) in [5.74, 6) is -0.401. The minimum Gasteiger partial charge on any atom is -0.369 e. The number of amides is 1. The maximum atomic E-state index is 10.6. The van der Waals surface area contributed by atoms with Crippen molar-refractivity contribution in [1.29, 1.82) is 0 Å². The lowest BCUT2D eigenvalue weighted by molar-refractivity contribution is -0.114. The molecule has 2 nitrogen and oxygen atoms in total. The minimum absolute atomic E-state index is 0.401. The van der Waals surface area contributed by atoms with Crippen LogP contribution in [0.5, 0.6) is 0 Å². The van der Waals surface area contributed by atoms with E-state index in [1.165, 1.54) is 12.0 Å². The maximum Gasteiger partial charge on any atom is 0.226 e. The highest BCUT2D eigenvalue weighted by atomic mass is 16.1. The lowest BCUT2D eigenvalue weighted by Crippen LogP contribution is -2.12. The first-order valence-electron chi connectivity index (χ1n) is 3.81. The van der Waals surface area contributed by atoms with E-state index in [0.29, 0.717) is 0 Å². The smallest absolute Gasteiger partial charge is 0.226 e. The SMILES string of the molecule is Cc1ccc([CH]C(N)=O)c(C)c1. The topological polar surface area (TPSA) is 43.1 Å². The first-order chi connectivity index (χ1) is 5.59. The average molecular weight is 162 g/mol. The van der Waals surface area contributed by atoms with Crippen LogP contribution < -0.4 is 5.73 Å². The van der Waals surface area contributed by atoms with Crippen molar-refractivity contribution in [2.24, 2.45) is 5.73 Å². The monoisotopic (exact) mass is 162 g/mol. The fourth-order valence-electron chi connectivity index (χ4n) is 1.14. The second kappa shape index (κ2) is 3.39. The van der Waals surface area contributed by atoms with Crippen molar-refractivity contribution >= 4 is 5.91 Å². The first kappa shape index (κ1) is 8.78. The summed E-state index contributed by atoms with van der Waals surface area (Å²) in [6.07, 6.45) is 1.44. The second-order valence-electron chi connectivity index (χ2n) is 2.91. The zero-order valence-corrected chi connectivity index (χ0v) is 7.29. The van der Waals surface area contributed by atoms with E-state index >= 15 is 0 Å². The summed E-state index contributed by atoms with van der Waals surface area (Å²) in [5.41, 5.74) is 8.20. The summed E-state index contributed by atoms with van der Waals surface area (Å²) in [7, 11) is 0. The van der Waals surface area contributed by atoms with Crippen LogP contribution in [0.3, 0.4) is 0 Å². The van der Waals surface area contributed by atoms with E-state index < -0.39 is 5.91 Å². The van der Waals surface area contributed by atoms with Crippen molar-refractivity contribution in [3.63, 3.8) is 0 Å². The molecule has 0 heterocycles. The van der Waals surface area contributed by atoms with Gasteiger partial charge in [0.1, 0.15) is 0 Å². The van der Waals surface area contributed by atoms with Gasteiger partial charge in [0.15, 0.2) is 0 Å². The summed E-state index contributed by atoms with van der Waals surface area (Å²) < 4.78 is 0. The van der Waals surface area contributed by atoms with Gasteiger partial charge < -0.3 is 5.73 Å². The number of carbonyl (C=O) groups excluding carboxylic acids is 1. The predicted molar refractivity (Wildman–Crippen MR) is 48.5 cm³/mol. The lowest BCUT2D eigenvalue weighted by Gasteiger charge is -2.03. The zero-order chi connectivity index (χ0) is 9.14. The standard InChI is InChI=1S/C10H12NO/c1-7-3-4-9(6-10(11)12)8(2)5-7/h3-6H,1-2H3,(H2,11,12). The highest BCUT2D eigenvalue weighted by molar-refractivity contribution is 5.87. The Kier molecular flexibility index (Phi) is 2.48. The fraction of sp³-hybridized carbons (Fsp3) is 0.200. The molecule has 0 unspecified atom stereocenters. The van der Waals surface area contributed by atoms with Crippen LogP contribution in [0.2, 0.25) is 0 Å². The van der Waals surface area contributed by atoms with Crippen molar-refractivity contribution in [3.8, 4) is 0 Å². The van der Waals surface area contributed by atoms with E-state index in [1.54, 1.807) is 0 Å². The molecule has 0 aliphatic heterocycles. The van der Waals surface area contributed by atoms with Crippen molar-refractivity contribution in [3.05, 3.63) is 41.3 Å². The second-order valence-corrected chi connectivity index (χ2v) is 2.91. The normalized spacial score (nSPS) is 9.83. The molecule has 12 heavy (non-hydrogen) atoms. The Morgan fingerprint density at radius 1 is 1.42 bits per heavy atom. The average Bonchev–Trinajstić information content (AvgIpc) is 1.94. The number of aryl methyl sites for hydroxylation is 2. The third-order valence-electron chi connectivity index (χ3n) is 1.72. The number of nitrogens with two attached hydrogens (primary N) is 1. The largest absolute Gasteiger partial charge is 0.369 e. The zero-order valence-electron chi connectivity index (χ0n) is 7.29. The molecule has 0 fully saturated rings. The quantitative estimate of drug-likeness (QED) is 0.700. The van der Waals surface area contributed by atoms with Crippen LogP contribution in [0.4, 0.5) is 0 Å². The fourth-order valence-corrected chi connectivity index (χ4v) is 1.14. The molecule has 1 amide bonds. The summed E-state index contributed by atoms with van der Waals surface area (Å²) in [5, 5.41) is 0. The molecule has 0 saturated heterocycles. The van der Waals surface area contributed by atoms with Crippen molar-refractivity contribution < 1.29 is 4.79 Å². The van der Waals surface area contributed by atoms with Crippen LogP contribution in [0.25, 0.3) is 0 Å². The lowest BCUT2D eigenvalue weighted by atomic mass is 10.0. The predicted octanol–water partition coefficient (Wildman–Crippen LogP) is 1.34. The Balaban J connectivity index is 2.93. The van der Waals surface area contributed by atoms with E-state index in [4.69, 9.17) is 5.73 Å². The van der Waals surface area contributed by atoms with Crippen LogP contribution in [0, 0.1) is 20.3 Å². The number of rotatable bonds is 2. The molecule has 0 aliphatic rings. The van der Waals surface area contributed by atoms with Gasteiger partial charge in [-0.15, -0.1) is 0 Å². The molecule has 1 aromatic rings. The van der Waals surface area contributed by atoms with Crippen LogP contribution >= 0.6 is 0 Å². The molecule has 0 atom stereocenters. The summed E-state index contributed by atoms with van der Waals surface area (Å²) in [6.45, 7) is 3.98. The van der Waals surface area contributed by atoms with E-state index in [-0.39, 0.29) is 0 Å². The minimum atomic E-state index is -0.401. The van der Waals surface area contributed by atoms with Gasteiger partial charge in [-0.2, -0.15) is 0 Å². The molecular weight excluding hydrogens is 150 g/mol. The summed E-state index contributed by atoms with van der Waals surface area (Å²) >= 11 is 0. The summed E-state index contributed by atoms with van der Waals surface area (Å²) in [4.78, 5) is 10.6. The van der Waals surface area contributed by atoms with E-state index in [1.807, 2.05) is 32.0 Å². The van der Waals surface area contributed by atoms with Gasteiger partial charge in [0, 0.05) is 0 Å². The van der Waals surface area contributed by atoms with Gasteiger partial charge >= 0.3 is 0 Å². The number of carbonyl (C=O) groups is 1. The van der Waals surface area contributed by atoms with Gasteiger partial charge in [0.05, 0.1) is 6.42 Å². The Morgan fingerprint density at radius 2 is 2.08 bits per heavy atom. The number of hydrogen-bond acceptors (Lipinski definition) is 1. The van der Waals surface area contributed by atoms with E-state index in [0.717, 1.165) is 11.1 Å². The molecule has 63 valence electrons. The maximum absolute atomic E-state index is 10.6. The molecule has 0 bridgehead atoms. The van der Waals surface area contributed by atoms with Gasteiger partial charge in [0.2, 0.25) is 5.91 Å². The molecule has 0 aliphatic carbocycles. The number of hydrogen-bond donors (Lipinski definition) is 1. The van der Waals surface area contributed by atoms with Crippen molar-refractivity contribution in [2.75, 3.05) is 0 Å². The Bertz CT molecular complexity index is 305. The molecule has 1 radical (unpaired) electrons. The number of primary amides is 1. The molecule has 2 heteroatoms. The third-order valence-corrected chi connectivity index (χ3v) is 1.72. The molecular formula is C10H12NO. The Hall–Kier alpha value is -1.31. The highest BCUT2D eigenvalue weighted by Crippen LogP contribution is 2.11. The van der Waals surface area contributed by atoms with E-state index in [2.05, 4.69) is 0 Å². The van der Waals surface area contributed by atoms with Crippen LogP contribution in [-0.4, -0.2) is 5.91 Å². The van der Waals surface area contributed by atoms with Gasteiger partial charge in [-0.1, -0.05) is 23.8 Å².